The summed E-state index contributed by atoms with van der Waals surface area (Å²) >= 11 is 6.29. The number of nitro benzene ring substituents is 1. The first kappa shape index (κ1) is 28.3. The molecule has 2 aromatic carbocycles. The van der Waals surface area contributed by atoms with Crippen molar-refractivity contribution in [2.75, 3.05) is 52.5 Å². The van der Waals surface area contributed by atoms with E-state index in [2.05, 4.69) is 4.90 Å². The molecule has 1 aromatic heterocycles. The number of amides is 2. The SMILES string of the molecule is O=C(CN(CCN1CCOCC1)C(=O)c1ccc([N+](=O)[O-])cc1Cl)N(CCc1ccccc1)Cc1ccco1. The lowest BCUT2D eigenvalue weighted by Gasteiger charge is -2.31. The molecule has 2 heterocycles. The number of non-ortho nitro benzene ring substituents is 1. The van der Waals surface area contributed by atoms with Crippen LogP contribution in [-0.4, -0.2) is 83.9 Å². The second-order valence-corrected chi connectivity index (χ2v) is 9.64. The molecule has 206 valence electrons. The Balaban J connectivity index is 1.53. The lowest BCUT2D eigenvalue weighted by atomic mass is 10.1. The van der Waals surface area contributed by atoms with Crippen molar-refractivity contribution in [2.45, 2.75) is 13.0 Å². The summed E-state index contributed by atoms with van der Waals surface area (Å²) < 4.78 is 10.9. The Morgan fingerprint density at radius 3 is 2.44 bits per heavy atom. The fourth-order valence-corrected chi connectivity index (χ4v) is 4.61. The largest absolute Gasteiger partial charge is 0.467 e. The van der Waals surface area contributed by atoms with Crippen LogP contribution in [0.3, 0.4) is 0 Å². The fourth-order valence-electron chi connectivity index (χ4n) is 4.36. The number of carbonyl (C=O) groups is 2. The van der Waals surface area contributed by atoms with Gasteiger partial charge in [0.25, 0.3) is 11.6 Å². The Hall–Kier alpha value is -3.73. The molecule has 1 aliphatic heterocycles. The van der Waals surface area contributed by atoms with Gasteiger partial charge in [-0.25, -0.2) is 0 Å². The van der Waals surface area contributed by atoms with Crippen molar-refractivity contribution in [3.05, 3.63) is 99.0 Å². The number of nitro groups is 1. The van der Waals surface area contributed by atoms with Crippen LogP contribution in [0.25, 0.3) is 0 Å². The quantitative estimate of drug-likeness (QED) is 0.247. The van der Waals surface area contributed by atoms with Gasteiger partial charge in [-0.1, -0.05) is 41.9 Å². The van der Waals surface area contributed by atoms with Crippen molar-refractivity contribution in [3.63, 3.8) is 0 Å². The zero-order chi connectivity index (χ0) is 27.6. The highest BCUT2D eigenvalue weighted by molar-refractivity contribution is 6.34. The molecule has 0 spiro atoms. The van der Waals surface area contributed by atoms with Gasteiger partial charge in [-0.05, 0) is 30.2 Å². The minimum absolute atomic E-state index is 0.0328. The molecule has 4 rings (SSSR count). The van der Waals surface area contributed by atoms with E-state index in [0.29, 0.717) is 38.5 Å². The van der Waals surface area contributed by atoms with Crippen LogP contribution in [0.2, 0.25) is 5.02 Å². The Labute approximate surface area is 231 Å². The molecule has 0 bridgehead atoms. The number of morpholine rings is 1. The molecule has 1 aliphatic rings. The highest BCUT2D eigenvalue weighted by Crippen LogP contribution is 2.24. The molecule has 39 heavy (non-hydrogen) atoms. The van der Waals surface area contributed by atoms with Gasteiger partial charge in [-0.3, -0.25) is 24.6 Å². The number of furan rings is 1. The third-order valence-corrected chi connectivity index (χ3v) is 6.90. The van der Waals surface area contributed by atoms with Gasteiger partial charge in [-0.2, -0.15) is 0 Å². The second kappa shape index (κ2) is 13.9. The minimum atomic E-state index is -0.570. The number of hydrogen-bond donors (Lipinski definition) is 0. The molecule has 10 nitrogen and oxygen atoms in total. The van der Waals surface area contributed by atoms with E-state index in [-0.39, 0.29) is 41.8 Å². The van der Waals surface area contributed by atoms with Gasteiger partial charge >= 0.3 is 0 Å². The highest BCUT2D eigenvalue weighted by Gasteiger charge is 2.26. The number of halogens is 1. The summed E-state index contributed by atoms with van der Waals surface area (Å²) in [4.78, 5) is 43.1. The van der Waals surface area contributed by atoms with Gasteiger partial charge in [0.05, 0.1) is 41.5 Å². The van der Waals surface area contributed by atoms with Crippen molar-refractivity contribution in [1.82, 2.24) is 14.7 Å². The lowest BCUT2D eigenvalue weighted by molar-refractivity contribution is -0.384. The smallest absolute Gasteiger partial charge is 0.270 e. The fraction of sp³-hybridized carbons (Fsp3) is 0.357. The summed E-state index contributed by atoms with van der Waals surface area (Å²) in [5.74, 6) is -0.0609. The predicted molar refractivity (Wildman–Crippen MR) is 146 cm³/mol. The van der Waals surface area contributed by atoms with Crippen molar-refractivity contribution in [1.29, 1.82) is 0 Å². The number of benzene rings is 2. The maximum Gasteiger partial charge on any atom is 0.270 e. The maximum atomic E-state index is 13.7. The summed E-state index contributed by atoms with van der Waals surface area (Å²) in [7, 11) is 0. The van der Waals surface area contributed by atoms with E-state index < -0.39 is 10.8 Å². The van der Waals surface area contributed by atoms with Gasteiger partial charge in [0.2, 0.25) is 5.91 Å². The Kier molecular flexibility index (Phi) is 10.1. The molecule has 0 radical (unpaired) electrons. The number of carbonyl (C=O) groups excluding carboxylic acids is 2. The van der Waals surface area contributed by atoms with E-state index in [9.17, 15) is 19.7 Å². The zero-order valence-electron chi connectivity index (χ0n) is 21.5. The van der Waals surface area contributed by atoms with E-state index in [4.69, 9.17) is 20.8 Å². The molecule has 0 unspecified atom stereocenters. The van der Waals surface area contributed by atoms with E-state index >= 15 is 0 Å². The van der Waals surface area contributed by atoms with Crippen molar-refractivity contribution in [2.24, 2.45) is 0 Å². The van der Waals surface area contributed by atoms with E-state index in [0.717, 1.165) is 24.7 Å². The highest BCUT2D eigenvalue weighted by atomic mass is 35.5. The number of ether oxygens (including phenoxy) is 1. The van der Waals surface area contributed by atoms with Gasteiger partial charge in [0.15, 0.2) is 0 Å². The molecular formula is C28H31ClN4O6. The number of hydrogen-bond acceptors (Lipinski definition) is 7. The predicted octanol–water partition coefficient (Wildman–Crippen LogP) is 3.89. The Morgan fingerprint density at radius 2 is 1.77 bits per heavy atom. The first-order chi connectivity index (χ1) is 18.9. The van der Waals surface area contributed by atoms with Crippen LogP contribution in [0.4, 0.5) is 5.69 Å². The molecule has 1 saturated heterocycles. The molecule has 0 atom stereocenters. The van der Waals surface area contributed by atoms with Crippen LogP contribution in [0.15, 0.2) is 71.3 Å². The summed E-state index contributed by atoms with van der Waals surface area (Å²) in [5, 5.41) is 11.1. The van der Waals surface area contributed by atoms with Crippen molar-refractivity contribution >= 4 is 29.1 Å². The second-order valence-electron chi connectivity index (χ2n) is 9.23. The number of nitrogens with zero attached hydrogens (tertiary/aromatic N) is 4. The van der Waals surface area contributed by atoms with Crippen LogP contribution in [0.1, 0.15) is 21.7 Å². The summed E-state index contributed by atoms with van der Waals surface area (Å²) in [6.45, 7) is 4.04. The van der Waals surface area contributed by atoms with Gasteiger partial charge in [0.1, 0.15) is 12.3 Å². The minimum Gasteiger partial charge on any atom is -0.467 e. The Morgan fingerprint density at radius 1 is 1.00 bits per heavy atom. The van der Waals surface area contributed by atoms with Crippen LogP contribution in [0.5, 0.6) is 0 Å². The molecule has 1 fully saturated rings. The first-order valence-corrected chi connectivity index (χ1v) is 13.2. The molecule has 2 amide bonds. The van der Waals surface area contributed by atoms with E-state index in [1.807, 2.05) is 30.3 Å². The van der Waals surface area contributed by atoms with Crippen LogP contribution in [0, 0.1) is 10.1 Å². The third kappa shape index (κ3) is 8.13. The van der Waals surface area contributed by atoms with Crippen LogP contribution < -0.4 is 0 Å². The molecule has 0 aliphatic carbocycles. The normalized spacial score (nSPS) is 13.7. The van der Waals surface area contributed by atoms with Crippen LogP contribution >= 0.6 is 11.6 Å². The molecule has 0 saturated carbocycles. The number of rotatable bonds is 12. The average molecular weight is 555 g/mol. The first-order valence-electron chi connectivity index (χ1n) is 12.8. The molecule has 11 heteroatoms. The van der Waals surface area contributed by atoms with Crippen molar-refractivity contribution in [3.8, 4) is 0 Å². The third-order valence-electron chi connectivity index (χ3n) is 6.59. The summed E-state index contributed by atoms with van der Waals surface area (Å²) in [5.41, 5.74) is 0.990. The van der Waals surface area contributed by atoms with Crippen molar-refractivity contribution < 1.29 is 23.7 Å². The monoisotopic (exact) mass is 554 g/mol. The van der Waals surface area contributed by atoms with Gasteiger partial charge < -0.3 is 19.0 Å². The maximum absolute atomic E-state index is 13.7. The Bertz CT molecular complexity index is 1250. The molecule has 3 aromatic rings. The van der Waals surface area contributed by atoms with Gasteiger partial charge in [0, 0.05) is 44.9 Å². The standard InChI is InChI=1S/C28H31ClN4O6/c29-26-19-23(33(36)37)8-9-25(26)28(35)32(13-12-30-14-17-38-18-15-30)21-27(34)31(20-24-7-4-16-39-24)11-10-22-5-2-1-3-6-22/h1-9,16,19H,10-15,17-18,20-21H2. The van der Waals surface area contributed by atoms with Crippen LogP contribution in [-0.2, 0) is 22.5 Å². The molecular weight excluding hydrogens is 524 g/mol. The summed E-state index contributed by atoms with van der Waals surface area (Å²) in [6.07, 6.45) is 2.20. The zero-order valence-corrected chi connectivity index (χ0v) is 22.3. The van der Waals surface area contributed by atoms with E-state index in [1.165, 1.54) is 17.0 Å². The lowest BCUT2D eigenvalue weighted by Crippen LogP contribution is -2.47. The average Bonchev–Trinajstić information content (AvgIpc) is 3.47. The molecule has 0 N–H and O–H groups in total. The van der Waals surface area contributed by atoms with Gasteiger partial charge in [-0.15, -0.1) is 0 Å². The summed E-state index contributed by atoms with van der Waals surface area (Å²) in [6, 6.07) is 17.2. The van der Waals surface area contributed by atoms with E-state index in [1.54, 1.807) is 23.3 Å². The topological polar surface area (TPSA) is 109 Å².